The highest BCUT2D eigenvalue weighted by Gasteiger charge is 2.19. The second-order valence-electron chi connectivity index (χ2n) is 2.66. The number of nitro groups is 1. The molecular weight excluding hydrogens is 184 g/mol. The van der Waals surface area contributed by atoms with Crippen LogP contribution in [0.5, 0.6) is 0 Å². The van der Waals surface area contributed by atoms with Crippen LogP contribution < -0.4 is 0 Å². The minimum absolute atomic E-state index is 0.115. The predicted octanol–water partition coefficient (Wildman–Crippen LogP) is 2.25. The highest BCUT2D eigenvalue weighted by Crippen LogP contribution is 2.28. The number of hydrogen-bond acceptors (Lipinski definition) is 4. The van der Waals surface area contributed by atoms with Gasteiger partial charge in [-0.1, -0.05) is 35.5 Å². The molecule has 0 saturated carbocycles. The Morgan fingerprint density at radius 1 is 1.29 bits per heavy atom. The van der Waals surface area contributed by atoms with Gasteiger partial charge in [0.25, 0.3) is 0 Å². The van der Waals surface area contributed by atoms with Crippen LogP contribution in [0.1, 0.15) is 0 Å². The summed E-state index contributed by atoms with van der Waals surface area (Å²) in [5.74, 6) is 0.190. The maximum atomic E-state index is 10.6. The van der Waals surface area contributed by atoms with Gasteiger partial charge in [0.15, 0.2) is 0 Å². The molecule has 0 spiro atoms. The number of rotatable bonds is 2. The number of hydrogen-bond donors (Lipinski definition) is 0. The monoisotopic (exact) mass is 190 g/mol. The fourth-order valence-corrected chi connectivity index (χ4v) is 1.15. The van der Waals surface area contributed by atoms with E-state index in [0.29, 0.717) is 5.56 Å². The zero-order valence-electron chi connectivity index (χ0n) is 7.08. The third-order valence-electron chi connectivity index (χ3n) is 1.78. The maximum Gasteiger partial charge on any atom is 0.336 e. The first-order valence-corrected chi connectivity index (χ1v) is 3.93. The molecule has 0 atom stereocenters. The van der Waals surface area contributed by atoms with E-state index in [1.54, 1.807) is 24.3 Å². The van der Waals surface area contributed by atoms with Crippen LogP contribution in [0, 0.1) is 10.1 Å². The fraction of sp³-hybridized carbons (Fsp3) is 0. The van der Waals surface area contributed by atoms with Gasteiger partial charge in [-0.25, -0.2) is 0 Å². The van der Waals surface area contributed by atoms with E-state index in [-0.39, 0.29) is 11.4 Å². The van der Waals surface area contributed by atoms with Gasteiger partial charge in [0, 0.05) is 5.56 Å². The van der Waals surface area contributed by atoms with Crippen LogP contribution in [0.2, 0.25) is 0 Å². The van der Waals surface area contributed by atoms with E-state index in [0.717, 1.165) is 6.20 Å². The van der Waals surface area contributed by atoms with Crippen molar-refractivity contribution in [2.45, 2.75) is 0 Å². The molecule has 0 saturated heterocycles. The second kappa shape index (κ2) is 3.29. The van der Waals surface area contributed by atoms with Crippen molar-refractivity contribution in [2.75, 3.05) is 0 Å². The zero-order chi connectivity index (χ0) is 9.97. The molecule has 0 N–H and O–H groups in total. The summed E-state index contributed by atoms with van der Waals surface area (Å²) in [6, 6.07) is 8.84. The molecule has 14 heavy (non-hydrogen) atoms. The Kier molecular flexibility index (Phi) is 1.98. The molecule has 0 aliphatic rings. The highest BCUT2D eigenvalue weighted by molar-refractivity contribution is 5.66. The lowest BCUT2D eigenvalue weighted by molar-refractivity contribution is -0.384. The summed E-state index contributed by atoms with van der Waals surface area (Å²) < 4.78 is 4.82. The zero-order valence-corrected chi connectivity index (χ0v) is 7.08. The van der Waals surface area contributed by atoms with Crippen molar-refractivity contribution in [2.24, 2.45) is 0 Å². The average Bonchev–Trinajstić information content (AvgIpc) is 2.67. The summed E-state index contributed by atoms with van der Waals surface area (Å²) in [6.07, 6.45) is 1.10. The topological polar surface area (TPSA) is 69.2 Å². The summed E-state index contributed by atoms with van der Waals surface area (Å²) >= 11 is 0. The first kappa shape index (κ1) is 8.43. The molecule has 0 radical (unpaired) electrons. The van der Waals surface area contributed by atoms with Crippen LogP contribution in [0.25, 0.3) is 11.3 Å². The van der Waals surface area contributed by atoms with Crippen molar-refractivity contribution in [1.82, 2.24) is 5.16 Å². The van der Waals surface area contributed by atoms with Crippen molar-refractivity contribution in [3.05, 3.63) is 46.6 Å². The smallest absolute Gasteiger partial charge is 0.336 e. The molecule has 5 heteroatoms. The first-order chi connectivity index (χ1) is 6.79. The van der Waals surface area contributed by atoms with Crippen molar-refractivity contribution in [3.8, 4) is 11.3 Å². The third-order valence-corrected chi connectivity index (χ3v) is 1.78. The van der Waals surface area contributed by atoms with Crippen LogP contribution >= 0.6 is 0 Å². The molecule has 1 aromatic carbocycles. The molecule has 0 fully saturated rings. The normalized spacial score (nSPS) is 10.0. The van der Waals surface area contributed by atoms with Gasteiger partial charge in [-0.15, -0.1) is 0 Å². The average molecular weight is 190 g/mol. The summed E-state index contributed by atoms with van der Waals surface area (Å²) in [5, 5.41) is 14.0. The molecule has 70 valence electrons. The number of aromatic nitrogens is 1. The van der Waals surface area contributed by atoms with Crippen LogP contribution in [0.4, 0.5) is 5.69 Å². The first-order valence-electron chi connectivity index (χ1n) is 3.93. The van der Waals surface area contributed by atoms with E-state index in [1.165, 1.54) is 0 Å². The van der Waals surface area contributed by atoms with Gasteiger partial charge in [0.1, 0.15) is 6.20 Å². The summed E-state index contributed by atoms with van der Waals surface area (Å²) in [4.78, 5) is 10.0. The summed E-state index contributed by atoms with van der Waals surface area (Å²) in [5.41, 5.74) is 0.535. The Labute approximate surface area is 79.1 Å². The quantitative estimate of drug-likeness (QED) is 0.537. The van der Waals surface area contributed by atoms with Crippen LogP contribution in [0.3, 0.4) is 0 Å². The molecule has 0 bridgehead atoms. The lowest BCUT2D eigenvalue weighted by Crippen LogP contribution is -1.87. The molecule has 1 heterocycles. The van der Waals surface area contributed by atoms with Gasteiger partial charge < -0.3 is 4.52 Å². The standard InChI is InChI=1S/C9H6N2O3/c12-11(13)8-6-10-14-9(8)7-4-2-1-3-5-7/h1-6H. The van der Waals surface area contributed by atoms with Gasteiger partial charge in [0.2, 0.25) is 5.76 Å². The Morgan fingerprint density at radius 3 is 2.64 bits per heavy atom. The number of benzene rings is 1. The molecule has 2 rings (SSSR count). The molecular formula is C9H6N2O3. The van der Waals surface area contributed by atoms with Gasteiger partial charge in [-0.2, -0.15) is 0 Å². The van der Waals surface area contributed by atoms with Crippen LogP contribution in [0.15, 0.2) is 41.1 Å². The van der Waals surface area contributed by atoms with Crippen LogP contribution in [-0.2, 0) is 0 Å². The Morgan fingerprint density at radius 2 is 2.00 bits per heavy atom. The van der Waals surface area contributed by atoms with E-state index >= 15 is 0 Å². The maximum absolute atomic E-state index is 10.6. The molecule has 0 unspecified atom stereocenters. The second-order valence-corrected chi connectivity index (χ2v) is 2.66. The van der Waals surface area contributed by atoms with Crippen molar-refractivity contribution in [1.29, 1.82) is 0 Å². The van der Waals surface area contributed by atoms with Crippen molar-refractivity contribution >= 4 is 5.69 Å². The fourth-order valence-electron chi connectivity index (χ4n) is 1.15. The van der Waals surface area contributed by atoms with Crippen molar-refractivity contribution < 1.29 is 9.45 Å². The van der Waals surface area contributed by atoms with E-state index in [9.17, 15) is 10.1 Å². The minimum Gasteiger partial charge on any atom is -0.349 e. The Balaban J connectivity index is 2.52. The van der Waals surface area contributed by atoms with Crippen molar-refractivity contribution in [3.63, 3.8) is 0 Å². The van der Waals surface area contributed by atoms with E-state index in [4.69, 9.17) is 4.52 Å². The van der Waals surface area contributed by atoms with E-state index < -0.39 is 4.92 Å². The molecule has 0 aliphatic heterocycles. The van der Waals surface area contributed by atoms with Crippen LogP contribution in [-0.4, -0.2) is 10.1 Å². The SMILES string of the molecule is O=[N+]([O-])c1cnoc1-c1ccccc1. The number of nitrogens with zero attached hydrogens (tertiary/aromatic N) is 2. The lowest BCUT2D eigenvalue weighted by Gasteiger charge is -1.93. The summed E-state index contributed by atoms with van der Waals surface area (Å²) in [7, 11) is 0. The predicted molar refractivity (Wildman–Crippen MR) is 48.6 cm³/mol. The Bertz CT molecular complexity index is 450. The minimum atomic E-state index is -0.515. The summed E-state index contributed by atoms with van der Waals surface area (Å²) in [6.45, 7) is 0. The highest BCUT2D eigenvalue weighted by atomic mass is 16.6. The van der Waals surface area contributed by atoms with Gasteiger partial charge in [-0.05, 0) is 0 Å². The molecule has 0 aliphatic carbocycles. The third kappa shape index (κ3) is 1.35. The molecule has 0 amide bonds. The largest absolute Gasteiger partial charge is 0.349 e. The van der Waals surface area contributed by atoms with E-state index in [1.807, 2.05) is 6.07 Å². The van der Waals surface area contributed by atoms with Gasteiger partial charge >= 0.3 is 5.69 Å². The molecule has 5 nitrogen and oxygen atoms in total. The Hall–Kier alpha value is -2.17. The lowest BCUT2D eigenvalue weighted by atomic mass is 10.1. The van der Waals surface area contributed by atoms with E-state index in [2.05, 4.69) is 5.16 Å². The molecule has 2 aromatic rings. The van der Waals surface area contributed by atoms with Gasteiger partial charge in [0.05, 0.1) is 4.92 Å². The van der Waals surface area contributed by atoms with Gasteiger partial charge in [-0.3, -0.25) is 10.1 Å². The molecule has 1 aromatic heterocycles.